The van der Waals surface area contributed by atoms with Crippen molar-refractivity contribution in [1.82, 2.24) is 14.8 Å². The van der Waals surface area contributed by atoms with Crippen molar-refractivity contribution in [2.24, 2.45) is 0 Å². The molecule has 1 amide bonds. The maximum atomic E-state index is 12.6. The largest absolute Gasteiger partial charge is 0.486 e. The molecule has 0 spiro atoms. The van der Waals surface area contributed by atoms with Crippen LogP contribution >= 0.6 is 11.8 Å². The van der Waals surface area contributed by atoms with Crippen LogP contribution in [0.15, 0.2) is 90.6 Å². The van der Waals surface area contributed by atoms with Gasteiger partial charge in [-0.05, 0) is 23.6 Å². The Kier molecular flexibility index (Phi) is 6.64. The number of amides is 1. The lowest BCUT2D eigenvalue weighted by Crippen LogP contribution is -2.15. The van der Waals surface area contributed by atoms with Gasteiger partial charge >= 0.3 is 0 Å². The Labute approximate surface area is 185 Å². The molecule has 4 rings (SSSR count). The van der Waals surface area contributed by atoms with Gasteiger partial charge in [-0.15, -0.1) is 16.8 Å². The zero-order chi connectivity index (χ0) is 21.5. The zero-order valence-electron chi connectivity index (χ0n) is 16.9. The summed E-state index contributed by atoms with van der Waals surface area (Å²) >= 11 is 1.34. The third-order valence-corrected chi connectivity index (χ3v) is 5.58. The number of ether oxygens (including phenoxy) is 1. The van der Waals surface area contributed by atoms with Crippen LogP contribution < -0.4 is 10.1 Å². The molecule has 0 aliphatic heterocycles. The van der Waals surface area contributed by atoms with Crippen LogP contribution in [0.2, 0.25) is 0 Å². The van der Waals surface area contributed by atoms with Crippen molar-refractivity contribution in [3.8, 4) is 5.75 Å². The van der Waals surface area contributed by atoms with Gasteiger partial charge in [-0.1, -0.05) is 72.4 Å². The van der Waals surface area contributed by atoms with Crippen molar-refractivity contribution in [2.75, 3.05) is 11.1 Å². The molecule has 1 aromatic heterocycles. The van der Waals surface area contributed by atoms with E-state index in [1.54, 1.807) is 6.08 Å². The number of nitrogens with one attached hydrogen (secondary N) is 1. The van der Waals surface area contributed by atoms with E-state index >= 15 is 0 Å². The molecule has 0 bridgehead atoms. The summed E-state index contributed by atoms with van der Waals surface area (Å²) in [4.78, 5) is 12.6. The molecule has 0 aliphatic carbocycles. The van der Waals surface area contributed by atoms with Crippen LogP contribution in [0.5, 0.6) is 5.75 Å². The standard InChI is InChI=1S/C24H22N4O2S/c1-2-15-28-22(16-30-19-11-4-3-5-12-19)26-27-24(28)31-17-23(29)25-21-14-8-10-18-9-6-7-13-20(18)21/h2-14H,1,15-17H2,(H,25,29). The Morgan fingerprint density at radius 3 is 2.65 bits per heavy atom. The second kappa shape index (κ2) is 9.95. The van der Waals surface area contributed by atoms with E-state index in [4.69, 9.17) is 4.74 Å². The molecule has 156 valence electrons. The number of rotatable bonds is 9. The third-order valence-electron chi connectivity index (χ3n) is 4.61. The lowest BCUT2D eigenvalue weighted by Gasteiger charge is -2.10. The monoisotopic (exact) mass is 430 g/mol. The van der Waals surface area contributed by atoms with Crippen molar-refractivity contribution >= 4 is 34.1 Å². The maximum Gasteiger partial charge on any atom is 0.234 e. The van der Waals surface area contributed by atoms with Gasteiger partial charge in [0.1, 0.15) is 12.4 Å². The summed E-state index contributed by atoms with van der Waals surface area (Å²) in [5, 5.41) is 14.2. The van der Waals surface area contributed by atoms with Gasteiger partial charge in [0.05, 0.1) is 5.75 Å². The predicted octanol–water partition coefficient (Wildman–Crippen LogP) is 4.93. The van der Waals surface area contributed by atoms with Gasteiger partial charge in [-0.2, -0.15) is 0 Å². The molecule has 1 N–H and O–H groups in total. The molecular formula is C24H22N4O2S. The Hall–Kier alpha value is -3.58. The van der Waals surface area contributed by atoms with Gasteiger partial charge in [0.25, 0.3) is 0 Å². The number of aromatic nitrogens is 3. The van der Waals surface area contributed by atoms with Gasteiger partial charge < -0.3 is 10.1 Å². The zero-order valence-corrected chi connectivity index (χ0v) is 17.7. The fraction of sp³-hybridized carbons (Fsp3) is 0.125. The van der Waals surface area contributed by atoms with Crippen LogP contribution in [0.1, 0.15) is 5.82 Å². The third kappa shape index (κ3) is 5.13. The van der Waals surface area contributed by atoms with E-state index in [0.29, 0.717) is 17.5 Å². The fourth-order valence-electron chi connectivity index (χ4n) is 3.16. The molecule has 0 saturated heterocycles. The SMILES string of the molecule is C=CCn1c(COc2ccccc2)nnc1SCC(=O)Nc1cccc2ccccc12. The molecule has 0 aliphatic rings. The summed E-state index contributed by atoms with van der Waals surface area (Å²) in [6, 6.07) is 23.4. The number of para-hydroxylation sites is 1. The number of anilines is 1. The van der Waals surface area contributed by atoms with Crippen LogP contribution in [0, 0.1) is 0 Å². The van der Waals surface area contributed by atoms with Crippen molar-refractivity contribution in [3.05, 3.63) is 91.3 Å². The second-order valence-corrected chi connectivity index (χ2v) is 7.71. The molecule has 0 radical (unpaired) electrons. The van der Waals surface area contributed by atoms with Crippen molar-refractivity contribution in [1.29, 1.82) is 0 Å². The molecule has 0 atom stereocenters. The smallest absolute Gasteiger partial charge is 0.234 e. The highest BCUT2D eigenvalue weighted by Crippen LogP contribution is 2.24. The summed E-state index contributed by atoms with van der Waals surface area (Å²) < 4.78 is 7.70. The Morgan fingerprint density at radius 2 is 1.81 bits per heavy atom. The average molecular weight is 431 g/mol. The molecule has 0 fully saturated rings. The summed E-state index contributed by atoms with van der Waals surface area (Å²) in [6.45, 7) is 4.63. The lowest BCUT2D eigenvalue weighted by atomic mass is 10.1. The van der Waals surface area contributed by atoms with Crippen LogP contribution in [0.25, 0.3) is 10.8 Å². The number of carbonyl (C=O) groups excluding carboxylic acids is 1. The van der Waals surface area contributed by atoms with E-state index in [1.165, 1.54) is 11.8 Å². The highest BCUT2D eigenvalue weighted by molar-refractivity contribution is 7.99. The van der Waals surface area contributed by atoms with E-state index in [9.17, 15) is 4.79 Å². The highest BCUT2D eigenvalue weighted by atomic mass is 32.2. The minimum Gasteiger partial charge on any atom is -0.486 e. The van der Waals surface area contributed by atoms with Gasteiger partial charge in [0.15, 0.2) is 11.0 Å². The Balaban J connectivity index is 1.41. The van der Waals surface area contributed by atoms with Crippen LogP contribution in [-0.2, 0) is 17.9 Å². The normalized spacial score (nSPS) is 10.7. The first kappa shape index (κ1) is 20.7. The molecule has 0 saturated carbocycles. The topological polar surface area (TPSA) is 69.0 Å². The maximum absolute atomic E-state index is 12.6. The van der Waals surface area contributed by atoms with E-state index in [-0.39, 0.29) is 18.3 Å². The molecule has 6 nitrogen and oxygen atoms in total. The number of fused-ring (bicyclic) bond motifs is 1. The van der Waals surface area contributed by atoms with Gasteiger partial charge in [0.2, 0.25) is 5.91 Å². The minimum atomic E-state index is -0.100. The Morgan fingerprint density at radius 1 is 1.03 bits per heavy atom. The second-order valence-electron chi connectivity index (χ2n) is 6.76. The molecular weight excluding hydrogens is 408 g/mol. The van der Waals surface area contributed by atoms with Gasteiger partial charge in [0, 0.05) is 17.6 Å². The Bertz CT molecular complexity index is 1190. The van der Waals surface area contributed by atoms with Crippen molar-refractivity contribution < 1.29 is 9.53 Å². The summed E-state index contributed by atoms with van der Waals surface area (Å²) in [6.07, 6.45) is 1.77. The number of carbonyl (C=O) groups is 1. The summed E-state index contributed by atoms with van der Waals surface area (Å²) in [7, 11) is 0. The van der Waals surface area contributed by atoms with Gasteiger partial charge in [-0.25, -0.2) is 0 Å². The predicted molar refractivity (Wildman–Crippen MR) is 124 cm³/mol. The fourth-order valence-corrected chi connectivity index (χ4v) is 3.93. The van der Waals surface area contributed by atoms with Gasteiger partial charge in [-0.3, -0.25) is 9.36 Å². The minimum absolute atomic E-state index is 0.100. The summed E-state index contributed by atoms with van der Waals surface area (Å²) in [5.41, 5.74) is 0.799. The van der Waals surface area contributed by atoms with E-state index in [0.717, 1.165) is 22.2 Å². The molecule has 0 unspecified atom stereocenters. The van der Waals surface area contributed by atoms with Crippen molar-refractivity contribution in [2.45, 2.75) is 18.3 Å². The van der Waals surface area contributed by atoms with Crippen LogP contribution in [0.3, 0.4) is 0 Å². The molecule has 1 heterocycles. The number of hydrogen-bond donors (Lipinski definition) is 1. The average Bonchev–Trinajstić information content (AvgIpc) is 3.19. The number of nitrogens with zero attached hydrogens (tertiary/aromatic N) is 3. The lowest BCUT2D eigenvalue weighted by molar-refractivity contribution is -0.113. The first-order valence-corrected chi connectivity index (χ1v) is 10.8. The van der Waals surface area contributed by atoms with Crippen LogP contribution in [0.4, 0.5) is 5.69 Å². The number of thioether (sulfide) groups is 1. The van der Waals surface area contributed by atoms with E-state index < -0.39 is 0 Å². The number of allylic oxidation sites excluding steroid dienone is 1. The number of benzene rings is 3. The quantitative estimate of drug-likeness (QED) is 0.301. The summed E-state index contributed by atoms with van der Waals surface area (Å²) in [5.74, 6) is 1.56. The molecule has 3 aromatic carbocycles. The number of hydrogen-bond acceptors (Lipinski definition) is 5. The highest BCUT2D eigenvalue weighted by Gasteiger charge is 2.14. The first-order chi connectivity index (χ1) is 15.2. The molecule has 31 heavy (non-hydrogen) atoms. The van der Waals surface area contributed by atoms with Crippen LogP contribution in [-0.4, -0.2) is 26.4 Å². The molecule has 4 aromatic rings. The van der Waals surface area contributed by atoms with E-state index in [1.807, 2.05) is 77.4 Å². The molecule has 7 heteroatoms. The van der Waals surface area contributed by atoms with E-state index in [2.05, 4.69) is 22.1 Å². The first-order valence-electron chi connectivity index (χ1n) is 9.86. The van der Waals surface area contributed by atoms with Crippen molar-refractivity contribution in [3.63, 3.8) is 0 Å².